The third-order valence-electron chi connectivity index (χ3n) is 2.56. The average Bonchev–Trinajstić information content (AvgIpc) is 2.48. The van der Waals surface area contributed by atoms with Crippen LogP contribution < -0.4 is 16.4 Å². The summed E-state index contributed by atoms with van der Waals surface area (Å²) in [5.74, 6) is -0.231. The average molecular weight is 302 g/mol. The molecule has 2 aromatic rings. The van der Waals surface area contributed by atoms with Crippen LogP contribution >= 0.6 is 11.8 Å². The molecule has 0 atom stereocenters. The largest absolute Gasteiger partial charge is 0.354 e. The van der Waals surface area contributed by atoms with Gasteiger partial charge in [-0.2, -0.15) is 0 Å². The fourth-order valence-electron chi connectivity index (χ4n) is 1.64. The Morgan fingerprint density at radius 2 is 1.90 bits per heavy atom. The van der Waals surface area contributed by atoms with E-state index >= 15 is 0 Å². The zero-order valence-electron chi connectivity index (χ0n) is 11.3. The molecule has 7 heteroatoms. The van der Waals surface area contributed by atoms with E-state index in [2.05, 4.69) is 15.6 Å². The number of pyridine rings is 1. The summed E-state index contributed by atoms with van der Waals surface area (Å²) in [5, 5.41) is 5.05. The third kappa shape index (κ3) is 3.96. The molecular formula is C14H14N4O2S. The van der Waals surface area contributed by atoms with Crippen molar-refractivity contribution in [3.05, 3.63) is 48.3 Å². The molecule has 0 aliphatic carbocycles. The Bertz CT molecular complexity index is 658. The van der Waals surface area contributed by atoms with Gasteiger partial charge in [0, 0.05) is 28.7 Å². The van der Waals surface area contributed by atoms with Crippen LogP contribution in [0.4, 0.5) is 10.5 Å². The molecule has 0 saturated heterocycles. The number of anilines is 1. The second kappa shape index (κ2) is 6.76. The van der Waals surface area contributed by atoms with Crippen molar-refractivity contribution in [2.45, 2.75) is 9.79 Å². The van der Waals surface area contributed by atoms with E-state index in [9.17, 15) is 9.59 Å². The molecule has 0 unspecified atom stereocenters. The fourth-order valence-corrected chi connectivity index (χ4v) is 2.55. The minimum absolute atomic E-state index is 0.231. The molecule has 1 aromatic carbocycles. The Balaban J connectivity index is 2.18. The van der Waals surface area contributed by atoms with Gasteiger partial charge in [0.05, 0.1) is 0 Å². The standard InChI is InChI=1S/C14H14N4O2S/c1-16-13(19)12-11(3-2-8-17-12)21-10-6-4-9(5-7-10)18-14(15)20/h2-8H,1H3,(H,16,19)(H3,15,18,20). The number of aromatic nitrogens is 1. The van der Waals surface area contributed by atoms with Crippen molar-refractivity contribution in [2.75, 3.05) is 12.4 Å². The minimum atomic E-state index is -0.607. The first kappa shape index (κ1) is 14.9. The Hall–Kier alpha value is -2.54. The van der Waals surface area contributed by atoms with E-state index in [0.29, 0.717) is 11.4 Å². The van der Waals surface area contributed by atoms with Gasteiger partial charge in [-0.15, -0.1) is 0 Å². The molecule has 0 fully saturated rings. The number of rotatable bonds is 4. The minimum Gasteiger partial charge on any atom is -0.354 e. The normalized spacial score (nSPS) is 9.95. The van der Waals surface area contributed by atoms with Crippen LogP contribution in [0.5, 0.6) is 0 Å². The summed E-state index contributed by atoms with van der Waals surface area (Å²) in [5.41, 5.74) is 6.04. The molecule has 1 heterocycles. The van der Waals surface area contributed by atoms with Crippen molar-refractivity contribution >= 4 is 29.4 Å². The van der Waals surface area contributed by atoms with Crippen LogP contribution in [-0.4, -0.2) is 24.0 Å². The molecule has 2 rings (SSSR count). The van der Waals surface area contributed by atoms with Crippen molar-refractivity contribution < 1.29 is 9.59 Å². The number of carbonyl (C=O) groups excluding carboxylic acids is 2. The van der Waals surface area contributed by atoms with Crippen molar-refractivity contribution in [3.63, 3.8) is 0 Å². The quantitative estimate of drug-likeness (QED) is 0.805. The Labute approximate surface area is 126 Å². The van der Waals surface area contributed by atoms with Gasteiger partial charge in [0.25, 0.3) is 5.91 Å². The fraction of sp³-hybridized carbons (Fsp3) is 0.0714. The summed E-state index contributed by atoms with van der Waals surface area (Å²) in [4.78, 5) is 28.3. The van der Waals surface area contributed by atoms with Crippen LogP contribution in [0.15, 0.2) is 52.4 Å². The van der Waals surface area contributed by atoms with E-state index in [-0.39, 0.29) is 5.91 Å². The van der Waals surface area contributed by atoms with Crippen LogP contribution in [0.3, 0.4) is 0 Å². The molecule has 108 valence electrons. The van der Waals surface area contributed by atoms with Gasteiger partial charge in [0.15, 0.2) is 0 Å². The molecule has 0 spiro atoms. The lowest BCUT2D eigenvalue weighted by atomic mass is 10.3. The zero-order valence-corrected chi connectivity index (χ0v) is 12.1. The number of benzene rings is 1. The van der Waals surface area contributed by atoms with E-state index in [1.165, 1.54) is 11.8 Å². The number of nitrogens with two attached hydrogens (primary N) is 1. The lowest BCUT2D eigenvalue weighted by Crippen LogP contribution is -2.20. The number of urea groups is 1. The van der Waals surface area contributed by atoms with Crippen molar-refractivity contribution in [1.82, 2.24) is 10.3 Å². The summed E-state index contributed by atoms with van der Waals surface area (Å²) >= 11 is 1.42. The number of primary amides is 1. The Kier molecular flexibility index (Phi) is 4.78. The van der Waals surface area contributed by atoms with Crippen molar-refractivity contribution in [3.8, 4) is 0 Å². The van der Waals surface area contributed by atoms with Crippen LogP contribution in [0, 0.1) is 0 Å². The molecule has 6 nitrogen and oxygen atoms in total. The van der Waals surface area contributed by atoms with E-state index < -0.39 is 6.03 Å². The molecule has 4 N–H and O–H groups in total. The molecule has 0 radical (unpaired) electrons. The van der Waals surface area contributed by atoms with Crippen LogP contribution in [0.2, 0.25) is 0 Å². The van der Waals surface area contributed by atoms with Crippen LogP contribution in [-0.2, 0) is 0 Å². The van der Waals surface area contributed by atoms with E-state index in [1.807, 2.05) is 18.2 Å². The summed E-state index contributed by atoms with van der Waals surface area (Å²) in [6.45, 7) is 0. The van der Waals surface area contributed by atoms with Gasteiger partial charge in [-0.05, 0) is 36.4 Å². The molecule has 0 saturated carbocycles. The van der Waals surface area contributed by atoms with Gasteiger partial charge in [0.1, 0.15) is 5.69 Å². The van der Waals surface area contributed by atoms with Gasteiger partial charge >= 0.3 is 6.03 Å². The maximum Gasteiger partial charge on any atom is 0.316 e. The highest BCUT2D eigenvalue weighted by atomic mass is 32.2. The van der Waals surface area contributed by atoms with E-state index in [0.717, 1.165) is 9.79 Å². The van der Waals surface area contributed by atoms with Crippen molar-refractivity contribution in [1.29, 1.82) is 0 Å². The highest BCUT2D eigenvalue weighted by molar-refractivity contribution is 7.99. The van der Waals surface area contributed by atoms with Crippen LogP contribution in [0.1, 0.15) is 10.5 Å². The monoisotopic (exact) mass is 302 g/mol. The first-order valence-electron chi connectivity index (χ1n) is 6.11. The molecule has 3 amide bonds. The van der Waals surface area contributed by atoms with Crippen LogP contribution in [0.25, 0.3) is 0 Å². The SMILES string of the molecule is CNC(=O)c1ncccc1Sc1ccc(NC(N)=O)cc1. The van der Waals surface area contributed by atoms with E-state index in [4.69, 9.17) is 5.73 Å². The number of hydrogen-bond donors (Lipinski definition) is 3. The summed E-state index contributed by atoms with van der Waals surface area (Å²) in [6.07, 6.45) is 1.58. The number of nitrogens with one attached hydrogen (secondary N) is 2. The van der Waals surface area contributed by atoms with Gasteiger partial charge in [-0.1, -0.05) is 11.8 Å². The lowest BCUT2D eigenvalue weighted by Gasteiger charge is -2.07. The first-order valence-corrected chi connectivity index (χ1v) is 6.93. The van der Waals surface area contributed by atoms with Gasteiger partial charge in [-0.3, -0.25) is 4.79 Å². The molecule has 21 heavy (non-hydrogen) atoms. The summed E-state index contributed by atoms with van der Waals surface area (Å²) in [6, 6.07) is 10.1. The molecule has 0 aliphatic rings. The maximum atomic E-state index is 11.8. The first-order chi connectivity index (χ1) is 10.1. The van der Waals surface area contributed by atoms with Crippen molar-refractivity contribution in [2.24, 2.45) is 5.73 Å². The molecular weight excluding hydrogens is 288 g/mol. The predicted octanol–water partition coefficient (Wildman–Crippen LogP) is 2.08. The predicted molar refractivity (Wildman–Crippen MR) is 81.4 cm³/mol. The third-order valence-corrected chi connectivity index (χ3v) is 3.62. The molecule has 0 bridgehead atoms. The van der Waals surface area contributed by atoms with E-state index in [1.54, 1.807) is 31.4 Å². The smallest absolute Gasteiger partial charge is 0.316 e. The Morgan fingerprint density at radius 3 is 2.52 bits per heavy atom. The summed E-state index contributed by atoms with van der Waals surface area (Å²) < 4.78 is 0. The van der Waals surface area contributed by atoms with Gasteiger partial charge in [-0.25, -0.2) is 9.78 Å². The highest BCUT2D eigenvalue weighted by Crippen LogP contribution is 2.30. The lowest BCUT2D eigenvalue weighted by molar-refractivity contribution is 0.0955. The Morgan fingerprint density at radius 1 is 1.19 bits per heavy atom. The number of hydrogen-bond acceptors (Lipinski definition) is 4. The highest BCUT2D eigenvalue weighted by Gasteiger charge is 2.12. The second-order valence-electron chi connectivity index (χ2n) is 4.04. The number of carbonyl (C=O) groups is 2. The number of amides is 3. The maximum absolute atomic E-state index is 11.8. The zero-order chi connectivity index (χ0) is 15.2. The van der Waals surface area contributed by atoms with Gasteiger partial charge in [0.2, 0.25) is 0 Å². The second-order valence-corrected chi connectivity index (χ2v) is 5.16. The molecule has 0 aliphatic heterocycles. The summed E-state index contributed by atoms with van der Waals surface area (Å²) in [7, 11) is 1.57. The van der Waals surface area contributed by atoms with Gasteiger partial charge < -0.3 is 16.4 Å². The topological polar surface area (TPSA) is 97.1 Å². The number of nitrogens with zero attached hydrogens (tertiary/aromatic N) is 1. The molecule has 1 aromatic heterocycles.